The second-order valence-electron chi connectivity index (χ2n) is 8.32. The summed E-state index contributed by atoms with van der Waals surface area (Å²) in [6.07, 6.45) is 0.938. The summed E-state index contributed by atoms with van der Waals surface area (Å²) in [4.78, 5) is 14.6. The van der Waals surface area contributed by atoms with Crippen LogP contribution in [-0.4, -0.2) is 43.7 Å². The van der Waals surface area contributed by atoms with Gasteiger partial charge in [0.1, 0.15) is 4.90 Å². The van der Waals surface area contributed by atoms with Gasteiger partial charge < -0.3 is 4.90 Å². The number of piperidine rings is 1. The number of benzene rings is 2. The molecule has 1 aliphatic heterocycles. The number of sulfonamides is 1. The number of nitrogens with zero attached hydrogens (tertiary/aromatic N) is 2. The van der Waals surface area contributed by atoms with E-state index in [1.807, 2.05) is 0 Å². The molecule has 0 saturated carbocycles. The van der Waals surface area contributed by atoms with Crippen molar-refractivity contribution in [2.24, 2.45) is 5.92 Å². The Morgan fingerprint density at radius 1 is 1.06 bits per heavy atom. The van der Waals surface area contributed by atoms with Gasteiger partial charge in [-0.05, 0) is 42.0 Å². The number of carbonyl (C=O) groups excluding carboxylic acids is 1. The lowest BCUT2D eigenvalue weighted by Gasteiger charge is -2.33. The lowest BCUT2D eigenvalue weighted by molar-refractivity contribution is -0.135. The van der Waals surface area contributed by atoms with Crippen molar-refractivity contribution in [1.82, 2.24) is 9.21 Å². The van der Waals surface area contributed by atoms with E-state index in [2.05, 4.69) is 38.1 Å². The van der Waals surface area contributed by atoms with E-state index in [9.17, 15) is 13.2 Å². The maximum absolute atomic E-state index is 13.0. The van der Waals surface area contributed by atoms with Crippen LogP contribution in [0.3, 0.4) is 0 Å². The summed E-state index contributed by atoms with van der Waals surface area (Å²) >= 11 is 12.2. The molecule has 0 atom stereocenters. The van der Waals surface area contributed by atoms with Crippen LogP contribution in [0.4, 0.5) is 0 Å². The topological polar surface area (TPSA) is 57.7 Å². The highest BCUT2D eigenvalue weighted by Gasteiger charge is 2.35. The molecule has 0 aliphatic carbocycles. The third-order valence-corrected chi connectivity index (χ3v) is 8.62. The van der Waals surface area contributed by atoms with Crippen LogP contribution in [0, 0.1) is 5.92 Å². The van der Waals surface area contributed by atoms with Gasteiger partial charge in [-0.15, -0.1) is 0 Å². The minimum atomic E-state index is -3.81. The predicted molar refractivity (Wildman–Crippen MR) is 125 cm³/mol. The highest BCUT2D eigenvalue weighted by atomic mass is 35.5. The summed E-state index contributed by atoms with van der Waals surface area (Å²) in [5.41, 5.74) is 2.35. The Labute approximate surface area is 195 Å². The van der Waals surface area contributed by atoms with E-state index in [0.29, 0.717) is 25.3 Å². The smallest absolute Gasteiger partial charge is 0.246 e. The summed E-state index contributed by atoms with van der Waals surface area (Å²) in [6, 6.07) is 12.9. The molecule has 0 N–H and O–H groups in total. The summed E-state index contributed by atoms with van der Waals surface area (Å²) in [7, 11) is -2.01. The van der Waals surface area contributed by atoms with Gasteiger partial charge in [-0.1, -0.05) is 67.4 Å². The molecule has 1 saturated heterocycles. The Bertz CT molecular complexity index is 1010. The largest absolute Gasteiger partial charge is 0.341 e. The summed E-state index contributed by atoms with van der Waals surface area (Å²) in [5.74, 6) is 0.310. The molecule has 0 aromatic heterocycles. The van der Waals surface area contributed by atoms with Crippen molar-refractivity contribution in [1.29, 1.82) is 0 Å². The van der Waals surface area contributed by atoms with E-state index in [4.69, 9.17) is 23.2 Å². The normalized spacial score (nSPS) is 15.9. The van der Waals surface area contributed by atoms with Crippen molar-refractivity contribution in [2.75, 3.05) is 20.1 Å². The van der Waals surface area contributed by atoms with Crippen molar-refractivity contribution in [3.05, 3.63) is 63.6 Å². The molecule has 31 heavy (non-hydrogen) atoms. The van der Waals surface area contributed by atoms with Crippen LogP contribution in [0.1, 0.15) is 43.7 Å². The first-order valence-electron chi connectivity index (χ1n) is 10.4. The van der Waals surface area contributed by atoms with Crippen LogP contribution in [0.25, 0.3) is 0 Å². The summed E-state index contributed by atoms with van der Waals surface area (Å²) in [5, 5.41) is 0.211. The molecule has 168 valence electrons. The van der Waals surface area contributed by atoms with Gasteiger partial charge >= 0.3 is 0 Å². The molecule has 0 unspecified atom stereocenters. The first-order valence-corrected chi connectivity index (χ1v) is 12.6. The molecule has 2 aromatic rings. The van der Waals surface area contributed by atoms with Crippen molar-refractivity contribution >= 4 is 39.1 Å². The van der Waals surface area contributed by atoms with Gasteiger partial charge in [0.2, 0.25) is 15.9 Å². The highest BCUT2D eigenvalue weighted by molar-refractivity contribution is 7.89. The molecule has 3 rings (SSSR count). The molecule has 2 aromatic carbocycles. The van der Waals surface area contributed by atoms with Crippen LogP contribution in [0.5, 0.6) is 0 Å². The molecule has 1 aliphatic rings. The second kappa shape index (κ2) is 9.90. The molecule has 8 heteroatoms. The average Bonchev–Trinajstić information content (AvgIpc) is 2.73. The zero-order chi connectivity index (χ0) is 22.8. The highest BCUT2D eigenvalue weighted by Crippen LogP contribution is 2.33. The molecule has 0 bridgehead atoms. The number of carbonyl (C=O) groups is 1. The van der Waals surface area contributed by atoms with Crippen molar-refractivity contribution in [2.45, 2.75) is 44.0 Å². The summed E-state index contributed by atoms with van der Waals surface area (Å²) in [6.45, 7) is 5.35. The maximum atomic E-state index is 13.0. The Hall–Kier alpha value is -1.60. The van der Waals surface area contributed by atoms with Gasteiger partial charge in [0.05, 0.1) is 10.0 Å². The molecule has 0 radical (unpaired) electrons. The van der Waals surface area contributed by atoms with Crippen molar-refractivity contribution in [3.8, 4) is 0 Å². The van der Waals surface area contributed by atoms with Crippen LogP contribution in [0.15, 0.2) is 47.4 Å². The molecular weight excluding hydrogens is 455 g/mol. The maximum Gasteiger partial charge on any atom is 0.246 e. The van der Waals surface area contributed by atoms with E-state index >= 15 is 0 Å². The van der Waals surface area contributed by atoms with Crippen molar-refractivity contribution in [3.63, 3.8) is 0 Å². The standard InChI is InChI=1S/C23H28Cl2N2O3S/c1-16(2)18-9-7-17(8-10-18)15-26(3)23(28)19-11-13-27(14-12-19)31(29,30)22-20(24)5-4-6-21(22)25/h4-10,16,19H,11-15H2,1-3H3. The van der Waals surface area contributed by atoms with E-state index in [1.54, 1.807) is 18.0 Å². The molecule has 5 nitrogen and oxygen atoms in total. The first-order chi connectivity index (χ1) is 14.6. The van der Waals surface area contributed by atoms with E-state index < -0.39 is 10.0 Å². The predicted octanol–water partition coefficient (Wildman–Crippen LogP) is 5.18. The SMILES string of the molecule is CC(C)c1ccc(CN(C)C(=O)C2CCN(S(=O)(=O)c3c(Cl)cccc3Cl)CC2)cc1. The lowest BCUT2D eigenvalue weighted by atomic mass is 9.96. The lowest BCUT2D eigenvalue weighted by Crippen LogP contribution is -2.43. The minimum absolute atomic E-state index is 0.0424. The van der Waals surface area contributed by atoms with Gasteiger partial charge in [-0.25, -0.2) is 8.42 Å². The van der Waals surface area contributed by atoms with E-state index in [0.717, 1.165) is 5.56 Å². The fourth-order valence-electron chi connectivity index (χ4n) is 3.87. The van der Waals surface area contributed by atoms with Crippen LogP contribution < -0.4 is 0 Å². The number of halogens is 2. The number of hydrogen-bond donors (Lipinski definition) is 0. The van der Waals surface area contributed by atoms with Gasteiger partial charge in [-0.2, -0.15) is 4.31 Å². The third kappa shape index (κ3) is 5.43. The molecule has 1 fully saturated rings. The first kappa shape index (κ1) is 24.1. The number of hydrogen-bond acceptors (Lipinski definition) is 3. The third-order valence-electron chi connectivity index (χ3n) is 5.76. The fraction of sp³-hybridized carbons (Fsp3) is 0.435. The van der Waals surface area contributed by atoms with Crippen LogP contribution >= 0.6 is 23.2 Å². The van der Waals surface area contributed by atoms with Crippen molar-refractivity contribution < 1.29 is 13.2 Å². The number of rotatable bonds is 6. The summed E-state index contributed by atoms with van der Waals surface area (Å²) < 4.78 is 27.4. The molecular formula is C23H28Cl2N2O3S. The quantitative estimate of drug-likeness (QED) is 0.569. The van der Waals surface area contributed by atoms with Gasteiger partial charge in [0, 0.05) is 32.6 Å². The monoisotopic (exact) mass is 482 g/mol. The van der Waals surface area contributed by atoms with Crippen LogP contribution in [-0.2, 0) is 21.4 Å². The molecule has 0 spiro atoms. The number of amides is 1. The molecule has 1 amide bonds. The Morgan fingerprint density at radius 2 is 1.61 bits per heavy atom. The Balaban J connectivity index is 1.61. The second-order valence-corrected chi connectivity index (χ2v) is 11.0. The van der Waals surface area contributed by atoms with Gasteiger partial charge in [-0.3, -0.25) is 4.79 Å². The van der Waals surface area contributed by atoms with Crippen LogP contribution in [0.2, 0.25) is 10.0 Å². The molecule has 1 heterocycles. The van der Waals surface area contributed by atoms with Gasteiger partial charge in [0.15, 0.2) is 0 Å². The van der Waals surface area contributed by atoms with E-state index in [-0.39, 0.29) is 39.9 Å². The Kier molecular flexibility index (Phi) is 7.68. The zero-order valence-electron chi connectivity index (χ0n) is 18.0. The fourth-order valence-corrected chi connectivity index (χ4v) is 6.43. The minimum Gasteiger partial charge on any atom is -0.341 e. The average molecular weight is 483 g/mol. The Morgan fingerprint density at radius 3 is 2.13 bits per heavy atom. The van der Waals surface area contributed by atoms with Gasteiger partial charge in [0.25, 0.3) is 0 Å². The van der Waals surface area contributed by atoms with E-state index in [1.165, 1.54) is 22.0 Å². The zero-order valence-corrected chi connectivity index (χ0v) is 20.3.